The molecule has 2 aromatic rings. The van der Waals surface area contributed by atoms with Crippen LogP contribution in [0.3, 0.4) is 0 Å². The van der Waals surface area contributed by atoms with Gasteiger partial charge in [0.2, 0.25) is 0 Å². The third-order valence-electron chi connectivity index (χ3n) is 2.79. The fourth-order valence-corrected chi connectivity index (χ4v) is 1.83. The fourth-order valence-electron chi connectivity index (χ4n) is 1.83. The minimum atomic E-state index is -0.532. The average molecular weight is 264 g/mol. The normalized spacial score (nSPS) is 10.6. The van der Waals surface area contributed by atoms with E-state index in [2.05, 4.69) is 10.3 Å². The number of hydrogen-bond acceptors (Lipinski definition) is 5. The lowest BCUT2D eigenvalue weighted by atomic mass is 10.4. The van der Waals surface area contributed by atoms with Gasteiger partial charge in [0.1, 0.15) is 23.0 Å². The number of nitrogens with one attached hydrogen (secondary N) is 2. The first-order chi connectivity index (χ1) is 9.02. The van der Waals surface area contributed by atoms with Crippen molar-refractivity contribution in [1.82, 2.24) is 9.55 Å². The average Bonchev–Trinajstić information content (AvgIpc) is 2.75. The molecular weight excluding hydrogens is 248 g/mol. The van der Waals surface area contributed by atoms with Crippen molar-refractivity contribution in [3.8, 4) is 0 Å². The number of nitrogens with two attached hydrogens (primary N) is 1. The van der Waals surface area contributed by atoms with Crippen LogP contribution >= 0.6 is 0 Å². The molecule has 0 unspecified atom stereocenters. The quantitative estimate of drug-likeness (QED) is 0.751. The lowest BCUT2D eigenvalue weighted by Crippen LogP contribution is -2.33. The Hall–Kier alpha value is -2.44. The minimum Gasteiger partial charge on any atom is -0.465 e. The van der Waals surface area contributed by atoms with Crippen molar-refractivity contribution in [2.24, 2.45) is 0 Å². The Morgan fingerprint density at radius 1 is 1.42 bits per heavy atom. The van der Waals surface area contributed by atoms with Gasteiger partial charge in [0.15, 0.2) is 0 Å². The number of rotatable bonds is 4. The Balaban J connectivity index is 2.30. The predicted octanol–water partition coefficient (Wildman–Crippen LogP) is 0.652. The topological polar surface area (TPSA) is 106 Å². The van der Waals surface area contributed by atoms with Gasteiger partial charge in [0.25, 0.3) is 5.56 Å². The smallest absolute Gasteiger partial charge is 0.330 e. The van der Waals surface area contributed by atoms with Gasteiger partial charge in [-0.05, 0) is 26.0 Å². The summed E-state index contributed by atoms with van der Waals surface area (Å²) in [7, 11) is 0. The second-order valence-corrected chi connectivity index (χ2v) is 4.13. The van der Waals surface area contributed by atoms with Crippen LogP contribution in [-0.2, 0) is 13.1 Å². The van der Waals surface area contributed by atoms with Gasteiger partial charge >= 0.3 is 5.69 Å². The highest BCUT2D eigenvalue weighted by Gasteiger charge is 2.11. The molecule has 0 amide bonds. The molecule has 0 atom stereocenters. The number of furan rings is 1. The lowest BCUT2D eigenvalue weighted by molar-refractivity contribution is 0.490. The summed E-state index contributed by atoms with van der Waals surface area (Å²) in [6.45, 7) is 4.32. The van der Waals surface area contributed by atoms with E-state index in [-0.39, 0.29) is 11.5 Å². The van der Waals surface area contributed by atoms with Crippen molar-refractivity contribution in [3.63, 3.8) is 0 Å². The van der Waals surface area contributed by atoms with Crippen LogP contribution in [0.4, 0.5) is 11.5 Å². The summed E-state index contributed by atoms with van der Waals surface area (Å²) in [5.41, 5.74) is 4.95. The predicted molar refractivity (Wildman–Crippen MR) is 72.2 cm³/mol. The van der Waals surface area contributed by atoms with Gasteiger partial charge in [-0.1, -0.05) is 0 Å². The van der Waals surface area contributed by atoms with Gasteiger partial charge in [-0.2, -0.15) is 0 Å². The van der Waals surface area contributed by atoms with E-state index in [1.54, 1.807) is 6.92 Å². The zero-order valence-corrected chi connectivity index (χ0v) is 10.8. The molecule has 102 valence electrons. The Kier molecular flexibility index (Phi) is 3.46. The molecule has 2 heterocycles. The summed E-state index contributed by atoms with van der Waals surface area (Å²) >= 11 is 0. The van der Waals surface area contributed by atoms with E-state index in [1.165, 1.54) is 4.57 Å². The van der Waals surface area contributed by atoms with E-state index in [1.807, 2.05) is 19.1 Å². The zero-order chi connectivity index (χ0) is 14.0. The maximum absolute atomic E-state index is 11.7. The van der Waals surface area contributed by atoms with Gasteiger partial charge in [0, 0.05) is 6.54 Å². The van der Waals surface area contributed by atoms with Crippen molar-refractivity contribution < 1.29 is 4.42 Å². The molecule has 19 heavy (non-hydrogen) atoms. The number of aryl methyl sites for hydroxylation is 1. The molecular formula is C12H16N4O3. The van der Waals surface area contributed by atoms with Crippen LogP contribution in [0.1, 0.15) is 18.4 Å². The summed E-state index contributed by atoms with van der Waals surface area (Å²) in [4.78, 5) is 25.4. The summed E-state index contributed by atoms with van der Waals surface area (Å²) < 4.78 is 6.67. The summed E-state index contributed by atoms with van der Waals surface area (Å²) in [6.07, 6.45) is 0. The van der Waals surface area contributed by atoms with Gasteiger partial charge in [-0.25, -0.2) is 4.79 Å². The molecule has 0 aliphatic heterocycles. The van der Waals surface area contributed by atoms with E-state index in [0.29, 0.717) is 18.8 Å². The van der Waals surface area contributed by atoms with Crippen LogP contribution in [-0.4, -0.2) is 9.55 Å². The Morgan fingerprint density at radius 2 is 2.16 bits per heavy atom. The van der Waals surface area contributed by atoms with Crippen LogP contribution in [0.15, 0.2) is 26.1 Å². The van der Waals surface area contributed by atoms with Crippen molar-refractivity contribution in [2.45, 2.75) is 26.9 Å². The van der Waals surface area contributed by atoms with Crippen LogP contribution < -0.4 is 22.3 Å². The zero-order valence-electron chi connectivity index (χ0n) is 10.8. The Morgan fingerprint density at radius 3 is 2.74 bits per heavy atom. The number of nitrogens with zero attached hydrogens (tertiary/aromatic N) is 1. The van der Waals surface area contributed by atoms with E-state index in [9.17, 15) is 9.59 Å². The number of H-pyrrole nitrogens is 1. The maximum atomic E-state index is 11.7. The second-order valence-electron chi connectivity index (χ2n) is 4.13. The van der Waals surface area contributed by atoms with Gasteiger partial charge in [0.05, 0.1) is 6.54 Å². The summed E-state index contributed by atoms with van der Waals surface area (Å²) in [5.74, 6) is 1.60. The van der Waals surface area contributed by atoms with E-state index in [0.717, 1.165) is 5.76 Å². The SMILES string of the molecule is CCn1c(N)c(NCc2ccc(C)o2)c(=O)[nH]c1=O. The molecule has 7 nitrogen and oxygen atoms in total. The van der Waals surface area contributed by atoms with Gasteiger partial charge in [-0.15, -0.1) is 0 Å². The molecule has 0 bridgehead atoms. The van der Waals surface area contributed by atoms with Crippen molar-refractivity contribution in [3.05, 3.63) is 44.5 Å². The minimum absolute atomic E-state index is 0.125. The molecule has 0 saturated carbocycles. The van der Waals surface area contributed by atoms with Gasteiger partial charge in [-0.3, -0.25) is 14.3 Å². The van der Waals surface area contributed by atoms with Crippen LogP contribution in [0, 0.1) is 6.92 Å². The van der Waals surface area contributed by atoms with Crippen molar-refractivity contribution >= 4 is 11.5 Å². The van der Waals surface area contributed by atoms with Crippen LogP contribution in [0.25, 0.3) is 0 Å². The number of nitrogen functional groups attached to an aromatic ring is 1. The molecule has 7 heteroatoms. The molecule has 0 aromatic carbocycles. The van der Waals surface area contributed by atoms with Gasteiger partial charge < -0.3 is 15.5 Å². The van der Waals surface area contributed by atoms with Crippen LogP contribution in [0.5, 0.6) is 0 Å². The third kappa shape index (κ3) is 2.54. The first-order valence-electron chi connectivity index (χ1n) is 5.94. The van der Waals surface area contributed by atoms with Crippen molar-refractivity contribution in [2.75, 3.05) is 11.1 Å². The molecule has 0 aliphatic rings. The molecule has 0 saturated heterocycles. The molecule has 2 rings (SSSR count). The first-order valence-corrected chi connectivity index (χ1v) is 5.94. The lowest BCUT2D eigenvalue weighted by Gasteiger charge is -2.11. The largest absolute Gasteiger partial charge is 0.465 e. The number of hydrogen-bond donors (Lipinski definition) is 3. The number of aromatic nitrogens is 2. The van der Waals surface area contributed by atoms with E-state index < -0.39 is 11.2 Å². The highest BCUT2D eigenvalue weighted by atomic mass is 16.3. The standard InChI is InChI=1S/C12H16N4O3/c1-3-16-10(13)9(11(17)15-12(16)18)14-6-8-5-4-7(2)19-8/h4-5,14H,3,6,13H2,1-2H3,(H,15,17,18). The highest BCUT2D eigenvalue weighted by molar-refractivity contribution is 5.60. The van der Waals surface area contributed by atoms with E-state index in [4.69, 9.17) is 10.2 Å². The maximum Gasteiger partial charge on any atom is 0.330 e. The second kappa shape index (κ2) is 5.05. The van der Waals surface area contributed by atoms with Crippen molar-refractivity contribution in [1.29, 1.82) is 0 Å². The molecule has 0 aliphatic carbocycles. The monoisotopic (exact) mass is 264 g/mol. The molecule has 2 aromatic heterocycles. The summed E-state index contributed by atoms with van der Waals surface area (Å²) in [6, 6.07) is 3.64. The molecule has 0 spiro atoms. The van der Waals surface area contributed by atoms with Crippen LogP contribution in [0.2, 0.25) is 0 Å². The first kappa shape index (κ1) is 13.0. The fraction of sp³-hybridized carbons (Fsp3) is 0.333. The summed E-state index contributed by atoms with van der Waals surface area (Å²) in [5, 5.41) is 2.89. The number of aromatic amines is 1. The molecule has 0 fully saturated rings. The van der Waals surface area contributed by atoms with E-state index >= 15 is 0 Å². The number of anilines is 2. The third-order valence-corrected chi connectivity index (χ3v) is 2.79. The molecule has 0 radical (unpaired) electrons. The highest BCUT2D eigenvalue weighted by Crippen LogP contribution is 2.13. The molecule has 4 N–H and O–H groups in total. The Bertz CT molecular complexity index is 696. The Labute approximate surface area is 109 Å².